The quantitative estimate of drug-likeness (QED) is 0.699. The van der Waals surface area contributed by atoms with Crippen LogP contribution in [0.3, 0.4) is 0 Å². The normalized spacial score (nSPS) is 23.4. The number of aromatic nitrogens is 2. The number of nitrogens with zero attached hydrogens (tertiary/aromatic N) is 5. The smallest absolute Gasteiger partial charge is 0.272 e. The summed E-state index contributed by atoms with van der Waals surface area (Å²) in [6.07, 6.45) is 1.57. The molecule has 3 rings (SSSR count). The van der Waals surface area contributed by atoms with Gasteiger partial charge in [0.05, 0.1) is 13.2 Å². The topological polar surface area (TPSA) is 88.0 Å². The van der Waals surface area contributed by atoms with Crippen LogP contribution in [0, 0.1) is 0 Å². The fraction of sp³-hybridized carbons (Fsp3) is 0.647. The molecule has 2 aliphatic heterocycles. The molecule has 0 N–H and O–H groups in total. The van der Waals surface area contributed by atoms with Gasteiger partial charge >= 0.3 is 0 Å². The zero-order valence-electron chi connectivity index (χ0n) is 15.4. The molecule has 0 saturated carbocycles. The van der Waals surface area contributed by atoms with Crippen molar-refractivity contribution in [1.82, 2.24) is 24.5 Å². The molecule has 2 fully saturated rings. The summed E-state index contributed by atoms with van der Waals surface area (Å²) in [4.78, 5) is 43.4. The Hall–Kier alpha value is -2.42. The molecule has 0 aromatic carbocycles. The van der Waals surface area contributed by atoms with E-state index in [9.17, 15) is 14.4 Å². The minimum Gasteiger partial charge on any atom is -0.383 e. The van der Waals surface area contributed by atoms with Gasteiger partial charge in [-0.25, -0.2) is 0 Å². The van der Waals surface area contributed by atoms with Gasteiger partial charge in [-0.2, -0.15) is 5.10 Å². The van der Waals surface area contributed by atoms with Crippen LogP contribution in [0.2, 0.25) is 0 Å². The largest absolute Gasteiger partial charge is 0.383 e. The van der Waals surface area contributed by atoms with Gasteiger partial charge in [-0.3, -0.25) is 19.1 Å². The minimum atomic E-state index is -0.633. The first-order valence-electron chi connectivity index (χ1n) is 8.90. The Kier molecular flexibility index (Phi) is 5.26. The highest BCUT2D eigenvalue weighted by molar-refractivity contribution is 5.99. The number of hydrogen-bond acceptors (Lipinski definition) is 5. The molecule has 0 spiro atoms. The number of fused-ring (bicyclic) bond motifs is 1. The van der Waals surface area contributed by atoms with Crippen molar-refractivity contribution in [3.05, 3.63) is 18.0 Å². The molecule has 9 heteroatoms. The first-order chi connectivity index (χ1) is 12.5. The Morgan fingerprint density at radius 2 is 2.08 bits per heavy atom. The molecule has 142 valence electrons. The average molecular weight is 363 g/mol. The standard InChI is InChI=1S/C17H25N5O4/c1-4-22-13(5-6-18-22)17(25)21-11-14-16(24)19(9-10-26-3)7-8-20(14)15(23)12(21)2/h5-6,12,14H,4,7-11H2,1-3H3/t12-,14-/m0/s1. The molecular formula is C17H25N5O4. The van der Waals surface area contributed by atoms with Crippen molar-refractivity contribution < 1.29 is 19.1 Å². The Bertz CT molecular complexity index is 703. The second-order valence-electron chi connectivity index (χ2n) is 6.53. The summed E-state index contributed by atoms with van der Waals surface area (Å²) in [5, 5.41) is 4.12. The van der Waals surface area contributed by atoms with E-state index in [1.807, 2.05) is 6.92 Å². The number of hydrogen-bond donors (Lipinski definition) is 0. The number of piperazine rings is 2. The molecule has 0 aliphatic carbocycles. The van der Waals surface area contributed by atoms with Crippen LogP contribution in [0.5, 0.6) is 0 Å². The third-order valence-electron chi connectivity index (χ3n) is 5.12. The van der Waals surface area contributed by atoms with Crippen molar-refractivity contribution in [1.29, 1.82) is 0 Å². The second kappa shape index (κ2) is 7.45. The van der Waals surface area contributed by atoms with Crippen LogP contribution >= 0.6 is 0 Å². The number of carbonyl (C=O) groups excluding carboxylic acids is 3. The first-order valence-corrected chi connectivity index (χ1v) is 8.90. The Labute approximate surface area is 152 Å². The van der Waals surface area contributed by atoms with Crippen LogP contribution < -0.4 is 0 Å². The number of carbonyl (C=O) groups is 3. The number of methoxy groups -OCH3 is 1. The summed E-state index contributed by atoms with van der Waals surface area (Å²) in [5.74, 6) is -0.584. The van der Waals surface area contributed by atoms with Gasteiger partial charge in [0, 0.05) is 39.5 Å². The fourth-order valence-electron chi connectivity index (χ4n) is 3.59. The molecular weight excluding hydrogens is 338 g/mol. The van der Waals surface area contributed by atoms with E-state index in [-0.39, 0.29) is 24.3 Å². The van der Waals surface area contributed by atoms with Gasteiger partial charge in [-0.05, 0) is 19.9 Å². The van der Waals surface area contributed by atoms with Crippen LogP contribution in [0.1, 0.15) is 24.3 Å². The molecule has 1 aromatic heterocycles. The lowest BCUT2D eigenvalue weighted by atomic mass is 10.0. The van der Waals surface area contributed by atoms with E-state index < -0.39 is 12.1 Å². The van der Waals surface area contributed by atoms with Gasteiger partial charge < -0.3 is 19.4 Å². The van der Waals surface area contributed by atoms with Crippen LogP contribution in [0.25, 0.3) is 0 Å². The zero-order chi connectivity index (χ0) is 18.8. The van der Waals surface area contributed by atoms with Gasteiger partial charge in [0.25, 0.3) is 5.91 Å². The Balaban J connectivity index is 1.82. The number of rotatable bonds is 5. The molecule has 0 bridgehead atoms. The summed E-state index contributed by atoms with van der Waals surface area (Å²) in [5.41, 5.74) is 0.431. The number of aryl methyl sites for hydroxylation is 1. The predicted molar refractivity (Wildman–Crippen MR) is 92.4 cm³/mol. The van der Waals surface area contributed by atoms with Crippen LogP contribution in [-0.4, -0.2) is 94.2 Å². The van der Waals surface area contributed by atoms with Crippen molar-refractivity contribution in [2.24, 2.45) is 0 Å². The lowest BCUT2D eigenvalue weighted by Crippen LogP contribution is -2.70. The average Bonchev–Trinajstić information content (AvgIpc) is 3.12. The summed E-state index contributed by atoms with van der Waals surface area (Å²) >= 11 is 0. The summed E-state index contributed by atoms with van der Waals surface area (Å²) in [6.45, 7) is 6.28. The number of amides is 3. The van der Waals surface area contributed by atoms with Crippen molar-refractivity contribution in [2.75, 3.05) is 39.9 Å². The molecule has 2 aliphatic rings. The molecule has 3 heterocycles. The molecule has 1 aromatic rings. The molecule has 9 nitrogen and oxygen atoms in total. The minimum absolute atomic E-state index is 0.129. The van der Waals surface area contributed by atoms with Gasteiger partial charge in [-0.15, -0.1) is 0 Å². The fourth-order valence-corrected chi connectivity index (χ4v) is 3.59. The molecule has 26 heavy (non-hydrogen) atoms. The van der Waals surface area contributed by atoms with E-state index in [2.05, 4.69) is 5.10 Å². The van der Waals surface area contributed by atoms with Crippen LogP contribution in [0.15, 0.2) is 12.3 Å². The highest BCUT2D eigenvalue weighted by Crippen LogP contribution is 2.23. The second-order valence-corrected chi connectivity index (χ2v) is 6.53. The van der Waals surface area contributed by atoms with Gasteiger partial charge in [0.2, 0.25) is 11.8 Å². The SMILES string of the molecule is CCn1nccc1C(=O)N1C[C@H]2C(=O)N(CCOC)CCN2C(=O)[C@@H]1C. The van der Waals surface area contributed by atoms with E-state index >= 15 is 0 Å². The van der Waals surface area contributed by atoms with Crippen molar-refractivity contribution in [3.63, 3.8) is 0 Å². The van der Waals surface area contributed by atoms with Gasteiger partial charge in [0.1, 0.15) is 17.8 Å². The maximum atomic E-state index is 13.0. The monoisotopic (exact) mass is 363 g/mol. The molecule has 0 unspecified atom stereocenters. The van der Waals surface area contributed by atoms with Crippen molar-refractivity contribution in [3.8, 4) is 0 Å². The van der Waals surface area contributed by atoms with Gasteiger partial charge in [-0.1, -0.05) is 0 Å². The van der Waals surface area contributed by atoms with E-state index in [4.69, 9.17) is 4.74 Å². The van der Waals surface area contributed by atoms with E-state index in [0.717, 1.165) is 0 Å². The third-order valence-corrected chi connectivity index (χ3v) is 5.12. The molecule has 3 amide bonds. The van der Waals surface area contributed by atoms with Crippen LogP contribution in [-0.2, 0) is 20.9 Å². The summed E-state index contributed by atoms with van der Waals surface area (Å²) in [7, 11) is 1.59. The summed E-state index contributed by atoms with van der Waals surface area (Å²) < 4.78 is 6.65. The molecule has 0 radical (unpaired) electrons. The lowest BCUT2D eigenvalue weighted by molar-refractivity contribution is -0.160. The van der Waals surface area contributed by atoms with Crippen LogP contribution in [0.4, 0.5) is 0 Å². The van der Waals surface area contributed by atoms with Crippen molar-refractivity contribution >= 4 is 17.7 Å². The molecule has 2 atom stereocenters. The van der Waals surface area contributed by atoms with E-state index in [1.54, 1.807) is 40.8 Å². The van der Waals surface area contributed by atoms with Gasteiger partial charge in [0.15, 0.2) is 0 Å². The highest BCUT2D eigenvalue weighted by atomic mass is 16.5. The predicted octanol–water partition coefficient (Wildman–Crippen LogP) is -0.567. The van der Waals surface area contributed by atoms with Crippen molar-refractivity contribution in [2.45, 2.75) is 32.5 Å². The van der Waals surface area contributed by atoms with E-state index in [0.29, 0.717) is 38.5 Å². The highest BCUT2D eigenvalue weighted by Gasteiger charge is 2.47. The Morgan fingerprint density at radius 3 is 2.77 bits per heavy atom. The lowest BCUT2D eigenvalue weighted by Gasteiger charge is -2.48. The Morgan fingerprint density at radius 1 is 1.31 bits per heavy atom. The first kappa shape index (κ1) is 18.4. The maximum Gasteiger partial charge on any atom is 0.272 e. The maximum absolute atomic E-state index is 13.0. The number of ether oxygens (including phenoxy) is 1. The molecule has 2 saturated heterocycles. The summed E-state index contributed by atoms with van der Waals surface area (Å²) in [6, 6.07) is 0.409. The van der Waals surface area contributed by atoms with E-state index in [1.165, 1.54) is 4.90 Å². The zero-order valence-corrected chi connectivity index (χ0v) is 15.4. The third kappa shape index (κ3) is 3.07.